The molecule has 14 heavy (non-hydrogen) atoms. The van der Waals surface area contributed by atoms with Crippen molar-refractivity contribution in [3.63, 3.8) is 0 Å². The van der Waals surface area contributed by atoms with E-state index in [1.54, 1.807) is 0 Å². The van der Waals surface area contributed by atoms with Crippen molar-refractivity contribution >= 4 is 0 Å². The molecular weight excluding hydrogens is 174 g/mol. The first kappa shape index (κ1) is 11.7. The smallest absolute Gasteiger partial charge is 0.0585 e. The van der Waals surface area contributed by atoms with E-state index in [0.29, 0.717) is 0 Å². The molecule has 0 aromatic heterocycles. The van der Waals surface area contributed by atoms with E-state index in [4.69, 9.17) is 10.8 Å². The summed E-state index contributed by atoms with van der Waals surface area (Å²) in [6.45, 7) is 6.87. The molecule has 1 unspecified atom stereocenters. The third-order valence-corrected chi connectivity index (χ3v) is 3.39. The van der Waals surface area contributed by atoms with Gasteiger partial charge in [-0.3, -0.25) is 0 Å². The van der Waals surface area contributed by atoms with Gasteiger partial charge in [0.15, 0.2) is 0 Å². The topological polar surface area (TPSA) is 46.2 Å². The van der Waals surface area contributed by atoms with Crippen LogP contribution < -0.4 is 5.73 Å². The quantitative estimate of drug-likeness (QED) is 0.681. The summed E-state index contributed by atoms with van der Waals surface area (Å²) in [7, 11) is 0. The summed E-state index contributed by atoms with van der Waals surface area (Å²) in [5.41, 5.74) is 9.06. The summed E-state index contributed by atoms with van der Waals surface area (Å²) < 4.78 is 0. The molecule has 3 N–H and O–H groups in total. The first-order valence-corrected chi connectivity index (χ1v) is 5.53. The standard InChI is InChI=1S/C12H23NO/c1-9-5-4-6-12(2,3)11(9)7-10(13)8-14/h10,14H,4-8,13H2,1-3H3. The van der Waals surface area contributed by atoms with E-state index in [2.05, 4.69) is 20.8 Å². The van der Waals surface area contributed by atoms with Crippen molar-refractivity contribution in [3.8, 4) is 0 Å². The Bertz CT molecular complexity index is 230. The third-order valence-electron chi connectivity index (χ3n) is 3.39. The van der Waals surface area contributed by atoms with Crippen LogP contribution in [0, 0.1) is 5.41 Å². The summed E-state index contributed by atoms with van der Waals surface area (Å²) >= 11 is 0. The highest BCUT2D eigenvalue weighted by Crippen LogP contribution is 2.41. The van der Waals surface area contributed by atoms with E-state index >= 15 is 0 Å². The molecule has 0 aromatic rings. The SMILES string of the molecule is CC1=C(CC(N)CO)C(C)(C)CCC1. The molecule has 0 aliphatic heterocycles. The van der Waals surface area contributed by atoms with Gasteiger partial charge in [0.05, 0.1) is 6.61 Å². The molecule has 0 saturated carbocycles. The second kappa shape index (κ2) is 4.45. The zero-order valence-corrected chi connectivity index (χ0v) is 9.64. The van der Waals surface area contributed by atoms with Crippen LogP contribution in [0.5, 0.6) is 0 Å². The van der Waals surface area contributed by atoms with Crippen LogP contribution in [0.4, 0.5) is 0 Å². The molecule has 0 radical (unpaired) electrons. The Hall–Kier alpha value is -0.340. The lowest BCUT2D eigenvalue weighted by Crippen LogP contribution is -2.30. The average molecular weight is 197 g/mol. The van der Waals surface area contributed by atoms with Gasteiger partial charge in [-0.1, -0.05) is 25.0 Å². The molecule has 1 aliphatic rings. The molecule has 1 atom stereocenters. The van der Waals surface area contributed by atoms with Gasteiger partial charge in [0.1, 0.15) is 0 Å². The van der Waals surface area contributed by atoms with E-state index in [9.17, 15) is 0 Å². The Morgan fingerprint density at radius 3 is 2.64 bits per heavy atom. The van der Waals surface area contributed by atoms with Crippen molar-refractivity contribution in [2.45, 2.75) is 52.5 Å². The maximum absolute atomic E-state index is 8.97. The maximum Gasteiger partial charge on any atom is 0.0585 e. The maximum atomic E-state index is 8.97. The van der Waals surface area contributed by atoms with Crippen LogP contribution in [-0.2, 0) is 0 Å². The molecule has 0 bridgehead atoms. The predicted octanol–water partition coefficient (Wildman–Crippen LogP) is 2.22. The molecule has 82 valence electrons. The fraction of sp³-hybridized carbons (Fsp3) is 0.833. The molecule has 0 fully saturated rings. The van der Waals surface area contributed by atoms with Crippen molar-refractivity contribution < 1.29 is 5.11 Å². The van der Waals surface area contributed by atoms with Crippen molar-refractivity contribution in [1.82, 2.24) is 0 Å². The summed E-state index contributed by atoms with van der Waals surface area (Å²) in [4.78, 5) is 0. The van der Waals surface area contributed by atoms with E-state index in [1.807, 2.05) is 0 Å². The van der Waals surface area contributed by atoms with Gasteiger partial charge in [-0.2, -0.15) is 0 Å². The first-order valence-electron chi connectivity index (χ1n) is 5.53. The zero-order chi connectivity index (χ0) is 10.8. The van der Waals surface area contributed by atoms with E-state index in [0.717, 1.165) is 6.42 Å². The molecule has 0 spiro atoms. The normalized spacial score (nSPS) is 23.8. The van der Waals surface area contributed by atoms with E-state index < -0.39 is 0 Å². The number of rotatable bonds is 3. The number of nitrogens with two attached hydrogens (primary N) is 1. The molecule has 0 saturated heterocycles. The average Bonchev–Trinajstić information content (AvgIpc) is 2.11. The Labute approximate surface area is 87.2 Å². The second-order valence-electron chi connectivity index (χ2n) is 5.14. The van der Waals surface area contributed by atoms with Crippen molar-refractivity contribution in [1.29, 1.82) is 0 Å². The molecule has 2 nitrogen and oxygen atoms in total. The molecule has 0 aromatic carbocycles. The van der Waals surface area contributed by atoms with Gasteiger partial charge in [0.25, 0.3) is 0 Å². The number of aliphatic hydroxyl groups excluding tert-OH is 1. The lowest BCUT2D eigenvalue weighted by Gasteiger charge is -2.35. The van der Waals surface area contributed by atoms with Crippen molar-refractivity contribution in [2.24, 2.45) is 11.1 Å². The van der Waals surface area contributed by atoms with Crippen LogP contribution in [0.25, 0.3) is 0 Å². The molecule has 0 amide bonds. The highest BCUT2D eigenvalue weighted by Gasteiger charge is 2.28. The van der Waals surface area contributed by atoms with Crippen LogP contribution >= 0.6 is 0 Å². The van der Waals surface area contributed by atoms with Crippen LogP contribution in [0.3, 0.4) is 0 Å². The monoisotopic (exact) mass is 197 g/mol. The van der Waals surface area contributed by atoms with Gasteiger partial charge in [0.2, 0.25) is 0 Å². The highest BCUT2D eigenvalue weighted by molar-refractivity contribution is 5.23. The summed E-state index contributed by atoms with van der Waals surface area (Å²) in [5, 5.41) is 8.97. The molecule has 2 heteroatoms. The minimum absolute atomic E-state index is 0.0858. The largest absolute Gasteiger partial charge is 0.395 e. The van der Waals surface area contributed by atoms with Gasteiger partial charge >= 0.3 is 0 Å². The summed E-state index contributed by atoms with van der Waals surface area (Å²) in [5.74, 6) is 0. The number of aliphatic hydroxyl groups is 1. The minimum atomic E-state index is -0.0858. The molecule has 1 aliphatic carbocycles. The fourth-order valence-corrected chi connectivity index (χ4v) is 2.45. The van der Waals surface area contributed by atoms with Gasteiger partial charge in [0, 0.05) is 6.04 Å². The summed E-state index contributed by atoms with van der Waals surface area (Å²) in [6, 6.07) is -0.0858. The minimum Gasteiger partial charge on any atom is -0.395 e. The zero-order valence-electron chi connectivity index (χ0n) is 9.64. The number of hydrogen-bond acceptors (Lipinski definition) is 2. The second-order valence-corrected chi connectivity index (χ2v) is 5.14. The first-order chi connectivity index (χ1) is 6.47. The molecule has 1 rings (SSSR count). The molecular formula is C12H23NO. The van der Waals surface area contributed by atoms with Crippen LogP contribution in [0.2, 0.25) is 0 Å². The van der Waals surface area contributed by atoms with Gasteiger partial charge in [-0.25, -0.2) is 0 Å². The number of hydrogen-bond donors (Lipinski definition) is 2. The Kier molecular flexibility index (Phi) is 3.73. The summed E-state index contributed by atoms with van der Waals surface area (Å²) in [6.07, 6.45) is 4.60. The lowest BCUT2D eigenvalue weighted by molar-refractivity contribution is 0.254. The van der Waals surface area contributed by atoms with Gasteiger partial charge in [-0.05, 0) is 38.0 Å². The van der Waals surface area contributed by atoms with E-state index in [-0.39, 0.29) is 18.1 Å². The third kappa shape index (κ3) is 2.58. The van der Waals surface area contributed by atoms with Crippen molar-refractivity contribution in [2.75, 3.05) is 6.61 Å². The van der Waals surface area contributed by atoms with Gasteiger partial charge in [-0.15, -0.1) is 0 Å². The van der Waals surface area contributed by atoms with Crippen LogP contribution in [-0.4, -0.2) is 17.8 Å². The fourth-order valence-electron chi connectivity index (χ4n) is 2.45. The molecule has 0 heterocycles. The lowest BCUT2D eigenvalue weighted by atomic mass is 9.71. The van der Waals surface area contributed by atoms with Gasteiger partial charge < -0.3 is 10.8 Å². The van der Waals surface area contributed by atoms with Crippen LogP contribution in [0.1, 0.15) is 46.5 Å². The Balaban J connectivity index is 2.80. The van der Waals surface area contributed by atoms with Crippen molar-refractivity contribution in [3.05, 3.63) is 11.1 Å². The Morgan fingerprint density at radius 1 is 1.50 bits per heavy atom. The Morgan fingerprint density at radius 2 is 2.14 bits per heavy atom. The van der Waals surface area contributed by atoms with Crippen LogP contribution in [0.15, 0.2) is 11.1 Å². The highest BCUT2D eigenvalue weighted by atomic mass is 16.3. The predicted molar refractivity (Wildman–Crippen MR) is 60.0 cm³/mol. The number of allylic oxidation sites excluding steroid dienone is 1. The van der Waals surface area contributed by atoms with E-state index in [1.165, 1.54) is 30.4 Å².